The number of anilines is 1. The summed E-state index contributed by atoms with van der Waals surface area (Å²) in [6, 6.07) is 8.35. The molecule has 0 spiro atoms. The largest absolute Gasteiger partial charge is 0.465 e. The van der Waals surface area contributed by atoms with Crippen molar-refractivity contribution < 1.29 is 23.9 Å². The number of fused-ring (bicyclic) bond motifs is 1. The first-order valence-corrected chi connectivity index (χ1v) is 10.2. The van der Waals surface area contributed by atoms with Crippen molar-refractivity contribution in [3.63, 3.8) is 0 Å². The van der Waals surface area contributed by atoms with E-state index in [2.05, 4.69) is 22.8 Å². The zero-order valence-corrected chi connectivity index (χ0v) is 17.5. The first-order chi connectivity index (χ1) is 14.0. The summed E-state index contributed by atoms with van der Waals surface area (Å²) in [5, 5.41) is 6.32. The summed E-state index contributed by atoms with van der Waals surface area (Å²) in [7, 11) is 2.52. The van der Waals surface area contributed by atoms with E-state index in [0.717, 1.165) is 30.6 Å². The lowest BCUT2D eigenvalue weighted by atomic mass is 9.88. The highest BCUT2D eigenvalue weighted by atomic mass is 32.1. The molecule has 0 bridgehead atoms. The molecule has 0 fully saturated rings. The van der Waals surface area contributed by atoms with E-state index in [4.69, 9.17) is 9.47 Å². The number of methoxy groups -OCH3 is 2. The number of esters is 2. The number of carbonyl (C=O) groups is 3. The van der Waals surface area contributed by atoms with Crippen molar-refractivity contribution in [2.45, 2.75) is 32.2 Å². The molecule has 3 rings (SSSR count). The summed E-state index contributed by atoms with van der Waals surface area (Å²) in [6.07, 6.45) is 3.07. The van der Waals surface area contributed by atoms with E-state index in [1.54, 1.807) is 6.92 Å². The Morgan fingerprint density at radius 1 is 1.14 bits per heavy atom. The minimum atomic E-state index is -0.613. The number of amides is 1. The summed E-state index contributed by atoms with van der Waals surface area (Å²) >= 11 is 1.01. The number of carbonyl (C=O) groups excluding carboxylic acids is 3. The topological polar surface area (TPSA) is 93.7 Å². The van der Waals surface area contributed by atoms with Crippen LogP contribution in [0.2, 0.25) is 0 Å². The van der Waals surface area contributed by atoms with Crippen molar-refractivity contribution in [1.29, 1.82) is 0 Å². The molecule has 1 aliphatic rings. The Bertz CT molecular complexity index is 937. The summed E-state index contributed by atoms with van der Waals surface area (Å²) in [4.78, 5) is 36.9. The zero-order valence-electron chi connectivity index (χ0n) is 16.7. The van der Waals surface area contributed by atoms with Crippen LogP contribution < -0.4 is 10.6 Å². The Hall–Kier alpha value is -2.71. The third-order valence-electron chi connectivity index (χ3n) is 5.04. The van der Waals surface area contributed by atoms with Gasteiger partial charge in [0.05, 0.1) is 26.3 Å². The lowest BCUT2D eigenvalue weighted by Crippen LogP contribution is -2.33. The van der Waals surface area contributed by atoms with Gasteiger partial charge in [0.15, 0.2) is 0 Å². The van der Waals surface area contributed by atoms with E-state index >= 15 is 0 Å². The molecule has 154 valence electrons. The molecule has 8 heteroatoms. The van der Waals surface area contributed by atoms with Gasteiger partial charge in [-0.3, -0.25) is 4.79 Å². The van der Waals surface area contributed by atoms with E-state index in [9.17, 15) is 14.4 Å². The van der Waals surface area contributed by atoms with Crippen LogP contribution in [0.15, 0.2) is 24.3 Å². The van der Waals surface area contributed by atoms with Gasteiger partial charge in [0, 0.05) is 6.04 Å². The third-order valence-corrected chi connectivity index (χ3v) is 6.23. The first-order valence-electron chi connectivity index (χ1n) is 9.37. The average molecular weight is 416 g/mol. The summed E-state index contributed by atoms with van der Waals surface area (Å²) in [6.45, 7) is 1.71. The summed E-state index contributed by atoms with van der Waals surface area (Å²) in [5.74, 6) is -1.47. The highest BCUT2D eigenvalue weighted by Gasteiger charge is 2.27. The molecule has 7 nitrogen and oxygen atoms in total. The molecule has 2 N–H and O–H groups in total. The van der Waals surface area contributed by atoms with E-state index in [0.29, 0.717) is 5.56 Å². The Morgan fingerprint density at radius 3 is 2.59 bits per heavy atom. The maximum absolute atomic E-state index is 12.6. The Kier molecular flexibility index (Phi) is 6.66. The molecular weight excluding hydrogens is 392 g/mol. The molecule has 2 aromatic rings. The lowest BCUT2D eigenvalue weighted by Gasteiger charge is -2.26. The van der Waals surface area contributed by atoms with Crippen molar-refractivity contribution >= 4 is 34.2 Å². The van der Waals surface area contributed by atoms with Crippen molar-refractivity contribution in [3.05, 3.63) is 51.4 Å². The van der Waals surface area contributed by atoms with Gasteiger partial charge in [0.25, 0.3) is 0 Å². The molecular formula is C21H24N2O5S. The van der Waals surface area contributed by atoms with E-state index in [1.165, 1.54) is 25.3 Å². The van der Waals surface area contributed by atoms with Gasteiger partial charge in [-0.2, -0.15) is 0 Å². The Labute approximate surface area is 173 Å². The number of nitrogens with one attached hydrogen (secondary N) is 2. The van der Waals surface area contributed by atoms with Crippen molar-refractivity contribution in [3.8, 4) is 0 Å². The first kappa shape index (κ1) is 21.0. The van der Waals surface area contributed by atoms with Crippen LogP contribution >= 0.6 is 11.3 Å². The summed E-state index contributed by atoms with van der Waals surface area (Å²) < 4.78 is 9.57. The molecule has 29 heavy (non-hydrogen) atoms. The van der Waals surface area contributed by atoms with Gasteiger partial charge in [0.1, 0.15) is 9.88 Å². The van der Waals surface area contributed by atoms with E-state index in [-0.39, 0.29) is 33.9 Å². The van der Waals surface area contributed by atoms with Crippen molar-refractivity contribution in [2.24, 2.45) is 0 Å². The van der Waals surface area contributed by atoms with Gasteiger partial charge < -0.3 is 20.1 Å². The average Bonchev–Trinajstić information content (AvgIpc) is 3.06. The zero-order chi connectivity index (χ0) is 21.0. The van der Waals surface area contributed by atoms with Crippen LogP contribution in [0.5, 0.6) is 0 Å². The molecule has 1 aromatic heterocycles. The second-order valence-electron chi connectivity index (χ2n) is 6.82. The fourth-order valence-electron chi connectivity index (χ4n) is 3.59. The minimum Gasteiger partial charge on any atom is -0.465 e. The highest BCUT2D eigenvalue weighted by Crippen LogP contribution is 2.34. The Morgan fingerprint density at radius 2 is 1.86 bits per heavy atom. The molecule has 0 saturated heterocycles. The SMILES string of the molecule is COC(=O)c1sc(NC(=O)CN[C@H]2CCCc3ccccc32)c(C(=O)OC)c1C. The molecule has 1 aromatic carbocycles. The molecule has 1 atom stereocenters. The fraction of sp³-hybridized carbons (Fsp3) is 0.381. The predicted octanol–water partition coefficient (Wildman–Crippen LogP) is 3.24. The monoisotopic (exact) mass is 416 g/mol. The van der Waals surface area contributed by atoms with E-state index < -0.39 is 11.9 Å². The number of benzene rings is 1. The van der Waals surface area contributed by atoms with Gasteiger partial charge in [0.2, 0.25) is 5.91 Å². The number of thiophene rings is 1. The van der Waals surface area contributed by atoms with Crippen LogP contribution in [0.25, 0.3) is 0 Å². The van der Waals surface area contributed by atoms with Crippen LogP contribution in [-0.4, -0.2) is 38.6 Å². The summed E-state index contributed by atoms with van der Waals surface area (Å²) in [5.41, 5.74) is 3.13. The predicted molar refractivity (Wildman–Crippen MR) is 110 cm³/mol. The number of hydrogen-bond donors (Lipinski definition) is 2. The highest BCUT2D eigenvalue weighted by molar-refractivity contribution is 7.18. The normalized spacial score (nSPS) is 15.3. The molecule has 1 heterocycles. The molecule has 0 unspecified atom stereocenters. The standard InChI is InChI=1S/C21H24N2O5S/c1-12-17(20(25)27-2)19(29-18(12)21(26)28-3)23-16(24)11-22-15-10-6-8-13-7-4-5-9-14(13)15/h4-5,7,9,15,22H,6,8,10-11H2,1-3H3,(H,23,24)/t15-/m0/s1. The van der Waals surface area contributed by atoms with Crippen LogP contribution in [0, 0.1) is 6.92 Å². The van der Waals surface area contributed by atoms with Crippen LogP contribution in [0.1, 0.15) is 55.6 Å². The van der Waals surface area contributed by atoms with Crippen LogP contribution in [-0.2, 0) is 20.7 Å². The Balaban J connectivity index is 1.72. The smallest absolute Gasteiger partial charge is 0.348 e. The number of rotatable bonds is 6. The third kappa shape index (κ3) is 4.49. The number of hydrogen-bond acceptors (Lipinski definition) is 7. The second-order valence-corrected chi connectivity index (χ2v) is 7.84. The maximum Gasteiger partial charge on any atom is 0.348 e. The van der Waals surface area contributed by atoms with Gasteiger partial charge in [-0.05, 0) is 42.9 Å². The molecule has 0 saturated carbocycles. The van der Waals surface area contributed by atoms with E-state index in [1.807, 2.05) is 12.1 Å². The number of ether oxygens (including phenoxy) is 2. The van der Waals surface area contributed by atoms with Gasteiger partial charge >= 0.3 is 11.9 Å². The molecule has 1 aliphatic carbocycles. The van der Waals surface area contributed by atoms with Gasteiger partial charge in [-0.15, -0.1) is 11.3 Å². The quantitative estimate of drug-likeness (QED) is 0.702. The van der Waals surface area contributed by atoms with Gasteiger partial charge in [-0.1, -0.05) is 24.3 Å². The lowest BCUT2D eigenvalue weighted by molar-refractivity contribution is -0.115. The maximum atomic E-state index is 12.6. The fourth-order valence-corrected chi connectivity index (χ4v) is 4.72. The minimum absolute atomic E-state index is 0.0874. The van der Waals surface area contributed by atoms with Gasteiger partial charge in [-0.25, -0.2) is 9.59 Å². The van der Waals surface area contributed by atoms with Crippen LogP contribution in [0.3, 0.4) is 0 Å². The number of aryl methyl sites for hydroxylation is 1. The van der Waals surface area contributed by atoms with Crippen LogP contribution in [0.4, 0.5) is 5.00 Å². The second kappa shape index (κ2) is 9.19. The molecule has 1 amide bonds. The van der Waals surface area contributed by atoms with Crippen molar-refractivity contribution in [1.82, 2.24) is 5.32 Å². The molecule has 0 radical (unpaired) electrons. The van der Waals surface area contributed by atoms with Crippen molar-refractivity contribution in [2.75, 3.05) is 26.1 Å². The molecule has 0 aliphatic heterocycles.